The van der Waals surface area contributed by atoms with Crippen LogP contribution < -0.4 is 5.32 Å². The van der Waals surface area contributed by atoms with Crippen LogP contribution in [0.25, 0.3) is 0 Å². The van der Waals surface area contributed by atoms with Crippen LogP contribution in [0.4, 0.5) is 10.5 Å². The van der Waals surface area contributed by atoms with E-state index in [9.17, 15) is 9.59 Å². The van der Waals surface area contributed by atoms with Crippen LogP contribution in [-0.2, 0) is 9.53 Å². The van der Waals surface area contributed by atoms with Crippen LogP contribution in [0.2, 0.25) is 0 Å². The molecule has 0 atom stereocenters. The molecule has 0 saturated carbocycles. The molecule has 106 valence electrons. The van der Waals surface area contributed by atoms with Gasteiger partial charge in [0.1, 0.15) is 0 Å². The first-order valence-corrected chi connectivity index (χ1v) is 6.23. The smallest absolute Gasteiger partial charge is 0.321 e. The lowest BCUT2D eigenvalue weighted by atomic mass is 10.2. The van der Waals surface area contributed by atoms with Crippen LogP contribution in [0.15, 0.2) is 24.3 Å². The van der Waals surface area contributed by atoms with Crippen molar-refractivity contribution in [3.05, 3.63) is 29.8 Å². The highest BCUT2D eigenvalue weighted by molar-refractivity contribution is 5.89. The van der Waals surface area contributed by atoms with Crippen molar-refractivity contribution in [2.24, 2.45) is 0 Å². The number of nitrogens with one attached hydrogen (secondary N) is 1. The predicted molar refractivity (Wildman–Crippen MR) is 74.1 cm³/mol. The van der Waals surface area contributed by atoms with Gasteiger partial charge < -0.3 is 15.0 Å². The van der Waals surface area contributed by atoms with E-state index in [2.05, 4.69) is 10.1 Å². The van der Waals surface area contributed by atoms with E-state index < -0.39 is 0 Å². The first-order valence-electron chi connectivity index (χ1n) is 6.23. The quantitative estimate of drug-likeness (QED) is 0.833. The normalized spacial score (nSPS) is 9.45. The van der Waals surface area contributed by atoms with E-state index in [1.807, 2.05) is 13.0 Å². The lowest BCUT2D eigenvalue weighted by Crippen LogP contribution is -2.36. The molecule has 0 fully saturated rings. The first kappa shape index (κ1) is 15.5. The van der Waals surface area contributed by atoms with Crippen LogP contribution in [-0.4, -0.2) is 37.1 Å². The number of carbonyl (C=O) groups is 2. The fourth-order valence-corrected chi connectivity index (χ4v) is 1.60. The van der Waals surface area contributed by atoms with Crippen molar-refractivity contribution in [2.45, 2.75) is 13.3 Å². The van der Waals surface area contributed by atoms with E-state index >= 15 is 0 Å². The summed E-state index contributed by atoms with van der Waals surface area (Å²) >= 11 is 0. The standard InChI is InChI=1S/C14H17N3O3/c1-3-17(8-7-13(18)20-2)14(19)16-12-6-4-5-11(9-12)10-15/h4-6,9H,3,7-8H2,1-2H3,(H,16,19). The van der Waals surface area contributed by atoms with Crippen molar-refractivity contribution in [3.8, 4) is 6.07 Å². The number of anilines is 1. The van der Waals surface area contributed by atoms with Crippen LogP contribution in [0, 0.1) is 11.3 Å². The van der Waals surface area contributed by atoms with Crippen molar-refractivity contribution >= 4 is 17.7 Å². The highest BCUT2D eigenvalue weighted by atomic mass is 16.5. The number of amides is 2. The van der Waals surface area contributed by atoms with Crippen molar-refractivity contribution in [2.75, 3.05) is 25.5 Å². The highest BCUT2D eigenvalue weighted by Crippen LogP contribution is 2.10. The molecule has 20 heavy (non-hydrogen) atoms. The first-order chi connectivity index (χ1) is 9.60. The number of nitriles is 1. The van der Waals surface area contributed by atoms with Crippen molar-refractivity contribution in [3.63, 3.8) is 0 Å². The summed E-state index contributed by atoms with van der Waals surface area (Å²) in [7, 11) is 1.31. The monoisotopic (exact) mass is 275 g/mol. The summed E-state index contributed by atoms with van der Waals surface area (Å²) in [5.74, 6) is -0.359. The summed E-state index contributed by atoms with van der Waals surface area (Å²) in [5, 5.41) is 11.5. The zero-order valence-electron chi connectivity index (χ0n) is 11.5. The molecule has 0 aliphatic heterocycles. The van der Waals surface area contributed by atoms with Gasteiger partial charge in [0.05, 0.1) is 25.2 Å². The van der Waals surface area contributed by atoms with Crippen LogP contribution >= 0.6 is 0 Å². The molecule has 0 radical (unpaired) electrons. The lowest BCUT2D eigenvalue weighted by Gasteiger charge is -2.20. The number of benzene rings is 1. The molecule has 0 heterocycles. The maximum atomic E-state index is 12.0. The summed E-state index contributed by atoms with van der Waals surface area (Å²) < 4.78 is 4.54. The number of esters is 1. The number of carbonyl (C=O) groups excluding carboxylic acids is 2. The van der Waals surface area contributed by atoms with E-state index in [-0.39, 0.29) is 25.0 Å². The third-order valence-electron chi connectivity index (χ3n) is 2.73. The Morgan fingerprint density at radius 1 is 1.45 bits per heavy atom. The zero-order chi connectivity index (χ0) is 15.0. The fourth-order valence-electron chi connectivity index (χ4n) is 1.60. The molecule has 0 saturated heterocycles. The molecule has 0 aliphatic carbocycles. The van der Waals surface area contributed by atoms with Crippen LogP contribution in [0.1, 0.15) is 18.9 Å². The molecule has 2 amide bonds. The summed E-state index contributed by atoms with van der Waals surface area (Å²) in [5.41, 5.74) is 1.02. The van der Waals surface area contributed by atoms with Crippen molar-refractivity contribution in [1.82, 2.24) is 4.90 Å². The Morgan fingerprint density at radius 2 is 2.20 bits per heavy atom. The van der Waals surface area contributed by atoms with E-state index in [1.165, 1.54) is 12.0 Å². The van der Waals surface area contributed by atoms with E-state index in [4.69, 9.17) is 5.26 Å². The second kappa shape index (κ2) is 7.79. The van der Waals surface area contributed by atoms with E-state index in [0.717, 1.165) is 0 Å². The Hall–Kier alpha value is -2.55. The molecular weight excluding hydrogens is 258 g/mol. The van der Waals surface area contributed by atoms with Gasteiger partial charge in [0.2, 0.25) is 0 Å². The van der Waals surface area contributed by atoms with Gasteiger partial charge in [-0.2, -0.15) is 5.26 Å². The average Bonchev–Trinajstić information content (AvgIpc) is 2.47. The summed E-state index contributed by atoms with van der Waals surface area (Å²) in [6, 6.07) is 8.33. The number of hydrogen-bond donors (Lipinski definition) is 1. The average molecular weight is 275 g/mol. The van der Waals surface area contributed by atoms with Crippen molar-refractivity contribution < 1.29 is 14.3 Å². The summed E-state index contributed by atoms with van der Waals surface area (Å²) in [6.07, 6.45) is 0.149. The summed E-state index contributed by atoms with van der Waals surface area (Å²) in [6.45, 7) is 2.58. The maximum Gasteiger partial charge on any atom is 0.321 e. The Kier molecular flexibility index (Phi) is 6.04. The fraction of sp³-hybridized carbons (Fsp3) is 0.357. The Balaban J connectivity index is 2.62. The van der Waals surface area contributed by atoms with E-state index in [0.29, 0.717) is 17.8 Å². The topological polar surface area (TPSA) is 82.4 Å². The maximum absolute atomic E-state index is 12.0. The van der Waals surface area contributed by atoms with Gasteiger partial charge in [0, 0.05) is 18.8 Å². The molecule has 0 unspecified atom stereocenters. The second-order valence-corrected chi connectivity index (χ2v) is 4.03. The molecule has 1 aromatic carbocycles. The lowest BCUT2D eigenvalue weighted by molar-refractivity contribution is -0.140. The Bertz CT molecular complexity index is 523. The molecule has 0 bridgehead atoms. The molecule has 1 N–H and O–H groups in total. The molecule has 6 heteroatoms. The number of urea groups is 1. The number of rotatable bonds is 5. The van der Waals surface area contributed by atoms with E-state index in [1.54, 1.807) is 24.3 Å². The molecule has 0 spiro atoms. The van der Waals surface area contributed by atoms with Gasteiger partial charge in [-0.15, -0.1) is 0 Å². The number of ether oxygens (including phenoxy) is 1. The minimum atomic E-state index is -0.359. The van der Waals surface area contributed by atoms with Gasteiger partial charge in [-0.3, -0.25) is 4.79 Å². The second-order valence-electron chi connectivity index (χ2n) is 4.03. The van der Waals surface area contributed by atoms with Crippen LogP contribution in [0.3, 0.4) is 0 Å². The largest absolute Gasteiger partial charge is 0.469 e. The summed E-state index contributed by atoms with van der Waals surface area (Å²) in [4.78, 5) is 24.6. The molecule has 0 aromatic heterocycles. The SMILES string of the molecule is CCN(CCC(=O)OC)C(=O)Nc1cccc(C#N)c1. The number of methoxy groups -OCH3 is 1. The molecule has 6 nitrogen and oxygen atoms in total. The molecule has 1 rings (SSSR count). The molecular formula is C14H17N3O3. The van der Waals surface area contributed by atoms with Gasteiger partial charge in [0.15, 0.2) is 0 Å². The third kappa shape index (κ3) is 4.61. The molecule has 0 aliphatic rings. The predicted octanol–water partition coefficient (Wildman–Crippen LogP) is 1.98. The minimum Gasteiger partial charge on any atom is -0.469 e. The van der Waals surface area contributed by atoms with Gasteiger partial charge in [-0.05, 0) is 25.1 Å². The Labute approximate surface area is 117 Å². The Morgan fingerprint density at radius 3 is 2.80 bits per heavy atom. The highest BCUT2D eigenvalue weighted by Gasteiger charge is 2.13. The minimum absolute atomic E-state index is 0.149. The van der Waals surface area contributed by atoms with Crippen LogP contribution in [0.5, 0.6) is 0 Å². The zero-order valence-corrected chi connectivity index (χ0v) is 11.5. The number of hydrogen-bond acceptors (Lipinski definition) is 4. The van der Waals surface area contributed by atoms with Gasteiger partial charge in [-0.1, -0.05) is 6.07 Å². The molecule has 1 aromatic rings. The number of nitrogens with zero attached hydrogens (tertiary/aromatic N) is 2. The van der Waals surface area contributed by atoms with Crippen molar-refractivity contribution in [1.29, 1.82) is 5.26 Å². The van der Waals surface area contributed by atoms with Gasteiger partial charge >= 0.3 is 12.0 Å². The van der Waals surface area contributed by atoms with Gasteiger partial charge in [-0.25, -0.2) is 4.79 Å². The van der Waals surface area contributed by atoms with Gasteiger partial charge in [0.25, 0.3) is 0 Å². The third-order valence-corrected chi connectivity index (χ3v) is 2.73.